The van der Waals surface area contributed by atoms with E-state index in [1.807, 2.05) is 28.6 Å². The molecule has 2 atom stereocenters. The molecule has 140 valence electrons. The minimum Gasteiger partial charge on any atom is -0.354 e. The summed E-state index contributed by atoms with van der Waals surface area (Å²) in [6, 6.07) is 3.99. The lowest BCUT2D eigenvalue weighted by atomic mass is 10.0. The number of aromatic nitrogens is 6. The van der Waals surface area contributed by atoms with Crippen molar-refractivity contribution in [1.82, 2.24) is 34.3 Å². The van der Waals surface area contributed by atoms with Gasteiger partial charge in [-0.15, -0.1) is 15.3 Å². The molecular formula is C18H22N8O. The van der Waals surface area contributed by atoms with Crippen molar-refractivity contribution in [2.45, 2.75) is 13.3 Å². The van der Waals surface area contributed by atoms with E-state index in [1.165, 1.54) is 0 Å². The second-order valence-electron chi connectivity index (χ2n) is 7.46. The number of rotatable bonds is 3. The summed E-state index contributed by atoms with van der Waals surface area (Å²) in [6.45, 7) is 5.48. The molecule has 0 bridgehead atoms. The smallest absolute Gasteiger partial charge is 0.272 e. The van der Waals surface area contributed by atoms with Gasteiger partial charge in [0.05, 0.1) is 12.5 Å². The van der Waals surface area contributed by atoms with Crippen molar-refractivity contribution in [2.24, 2.45) is 18.9 Å². The van der Waals surface area contributed by atoms with Crippen LogP contribution in [0.25, 0.3) is 5.65 Å². The maximum absolute atomic E-state index is 12.7. The molecule has 2 saturated heterocycles. The van der Waals surface area contributed by atoms with Gasteiger partial charge >= 0.3 is 0 Å². The van der Waals surface area contributed by atoms with Gasteiger partial charge in [0.2, 0.25) is 0 Å². The van der Waals surface area contributed by atoms with E-state index in [4.69, 9.17) is 5.10 Å². The van der Waals surface area contributed by atoms with E-state index >= 15 is 0 Å². The second-order valence-corrected chi connectivity index (χ2v) is 7.46. The third-order valence-electron chi connectivity index (χ3n) is 5.76. The first-order valence-corrected chi connectivity index (χ1v) is 9.36. The molecule has 0 spiro atoms. The van der Waals surface area contributed by atoms with Crippen molar-refractivity contribution < 1.29 is 4.79 Å². The van der Waals surface area contributed by atoms with Gasteiger partial charge in [-0.1, -0.05) is 6.92 Å². The Labute approximate surface area is 156 Å². The summed E-state index contributed by atoms with van der Waals surface area (Å²) in [6.07, 6.45) is 4.11. The number of anilines is 1. The zero-order valence-electron chi connectivity index (χ0n) is 15.5. The summed E-state index contributed by atoms with van der Waals surface area (Å²) < 4.78 is 3.62. The van der Waals surface area contributed by atoms with Gasteiger partial charge in [0.25, 0.3) is 5.91 Å². The van der Waals surface area contributed by atoms with Crippen molar-refractivity contribution in [3.8, 4) is 0 Å². The predicted molar refractivity (Wildman–Crippen MR) is 98.5 cm³/mol. The van der Waals surface area contributed by atoms with Crippen LogP contribution in [0.3, 0.4) is 0 Å². The fourth-order valence-electron chi connectivity index (χ4n) is 4.28. The topological polar surface area (TPSA) is 84.5 Å². The maximum atomic E-state index is 12.7. The number of hydrogen-bond acceptors (Lipinski definition) is 6. The lowest BCUT2D eigenvalue weighted by molar-refractivity contribution is 0.0773. The van der Waals surface area contributed by atoms with E-state index in [2.05, 4.69) is 27.0 Å². The number of carbonyl (C=O) groups is 1. The molecule has 3 aromatic heterocycles. The monoisotopic (exact) mass is 366 g/mol. The molecule has 3 aromatic rings. The Morgan fingerprint density at radius 1 is 1.15 bits per heavy atom. The molecule has 0 aromatic carbocycles. The zero-order valence-corrected chi connectivity index (χ0v) is 15.5. The van der Waals surface area contributed by atoms with E-state index in [9.17, 15) is 4.79 Å². The molecule has 2 unspecified atom stereocenters. The average Bonchev–Trinajstić information content (AvgIpc) is 3.42. The van der Waals surface area contributed by atoms with E-state index in [0.717, 1.165) is 49.9 Å². The minimum atomic E-state index is 0.0765. The first kappa shape index (κ1) is 16.2. The Hall–Kier alpha value is -2.97. The summed E-state index contributed by atoms with van der Waals surface area (Å²) in [7, 11) is 1.86. The highest BCUT2D eigenvalue weighted by atomic mass is 16.2. The molecule has 2 aliphatic rings. The Bertz CT molecular complexity index is 994. The molecular weight excluding hydrogens is 344 g/mol. The predicted octanol–water partition coefficient (Wildman–Crippen LogP) is 0.629. The van der Waals surface area contributed by atoms with E-state index in [-0.39, 0.29) is 5.91 Å². The number of likely N-dealkylation sites (tertiary alicyclic amines) is 1. The van der Waals surface area contributed by atoms with Crippen LogP contribution >= 0.6 is 0 Å². The van der Waals surface area contributed by atoms with Crippen LogP contribution in [-0.2, 0) is 13.5 Å². The van der Waals surface area contributed by atoms with Crippen LogP contribution in [0.4, 0.5) is 5.82 Å². The van der Waals surface area contributed by atoms with Crippen molar-refractivity contribution >= 4 is 17.4 Å². The van der Waals surface area contributed by atoms with E-state index in [1.54, 1.807) is 17.1 Å². The van der Waals surface area contributed by atoms with Gasteiger partial charge in [0, 0.05) is 51.5 Å². The van der Waals surface area contributed by atoms with Crippen molar-refractivity contribution in [1.29, 1.82) is 0 Å². The zero-order chi connectivity index (χ0) is 18.5. The normalized spacial score (nSPS) is 22.0. The molecule has 2 aliphatic heterocycles. The van der Waals surface area contributed by atoms with Crippen LogP contribution < -0.4 is 4.90 Å². The highest BCUT2D eigenvalue weighted by Gasteiger charge is 2.42. The molecule has 0 saturated carbocycles. The fraction of sp³-hybridized carbons (Fsp3) is 0.500. The molecule has 5 heterocycles. The van der Waals surface area contributed by atoms with Crippen molar-refractivity contribution in [3.05, 3.63) is 36.2 Å². The van der Waals surface area contributed by atoms with Crippen molar-refractivity contribution in [3.63, 3.8) is 0 Å². The Balaban J connectivity index is 1.31. The second kappa shape index (κ2) is 6.04. The number of nitrogens with zero attached hydrogens (tertiary/aromatic N) is 8. The largest absolute Gasteiger partial charge is 0.354 e. The number of carbonyl (C=O) groups excluding carboxylic acids is 1. The van der Waals surface area contributed by atoms with Gasteiger partial charge in [-0.2, -0.15) is 4.52 Å². The Kier molecular flexibility index (Phi) is 3.63. The number of aryl methyl sites for hydroxylation is 2. The van der Waals surface area contributed by atoms with E-state index < -0.39 is 0 Å². The number of imidazole rings is 1. The first-order chi connectivity index (χ1) is 13.1. The van der Waals surface area contributed by atoms with Gasteiger partial charge in [-0.3, -0.25) is 4.79 Å². The molecule has 27 heavy (non-hydrogen) atoms. The highest BCUT2D eigenvalue weighted by molar-refractivity contribution is 5.92. The summed E-state index contributed by atoms with van der Waals surface area (Å²) in [5, 5.41) is 13.1. The first-order valence-electron chi connectivity index (χ1n) is 9.36. The molecule has 9 heteroatoms. The van der Waals surface area contributed by atoms with Crippen LogP contribution in [0.15, 0.2) is 24.7 Å². The number of amides is 1. The Morgan fingerprint density at radius 3 is 2.59 bits per heavy atom. The standard InChI is InChI=1S/C18H22N8O/c1-3-15-20-21-16-4-5-17(22-26(15)16)24-7-12-9-25(10-13(12)8-24)18(27)14-6-19-11-23(14)2/h4-6,11-13H,3,7-10H2,1-2H3. The number of hydrogen-bond donors (Lipinski definition) is 0. The van der Waals surface area contributed by atoms with Gasteiger partial charge in [0.15, 0.2) is 11.5 Å². The molecule has 0 N–H and O–H groups in total. The molecule has 5 rings (SSSR count). The van der Waals surface area contributed by atoms with Crippen LogP contribution in [0.5, 0.6) is 0 Å². The summed E-state index contributed by atoms with van der Waals surface area (Å²) in [5.74, 6) is 2.86. The van der Waals surface area contributed by atoms with Crippen molar-refractivity contribution in [2.75, 3.05) is 31.1 Å². The molecule has 9 nitrogen and oxygen atoms in total. The van der Waals surface area contributed by atoms with Gasteiger partial charge in [-0.25, -0.2) is 4.98 Å². The van der Waals surface area contributed by atoms with Gasteiger partial charge < -0.3 is 14.4 Å². The SMILES string of the molecule is CCc1nnc2ccc(N3CC4CN(C(=O)c5cncn5C)CC4C3)nn12. The average molecular weight is 366 g/mol. The summed E-state index contributed by atoms with van der Waals surface area (Å²) in [5.41, 5.74) is 1.43. The molecule has 2 fully saturated rings. The molecule has 1 amide bonds. The van der Waals surface area contributed by atoms with Crippen LogP contribution in [0.1, 0.15) is 23.2 Å². The van der Waals surface area contributed by atoms with Gasteiger partial charge in [-0.05, 0) is 12.1 Å². The molecule has 0 radical (unpaired) electrons. The van der Waals surface area contributed by atoms with E-state index in [0.29, 0.717) is 17.5 Å². The lowest BCUT2D eigenvalue weighted by Crippen LogP contribution is -2.34. The lowest BCUT2D eigenvalue weighted by Gasteiger charge is -2.22. The maximum Gasteiger partial charge on any atom is 0.272 e. The van der Waals surface area contributed by atoms with Crippen LogP contribution in [0, 0.1) is 11.8 Å². The quantitative estimate of drug-likeness (QED) is 0.676. The number of fused-ring (bicyclic) bond motifs is 2. The third kappa shape index (κ3) is 2.56. The highest BCUT2D eigenvalue weighted by Crippen LogP contribution is 2.33. The van der Waals surface area contributed by atoms with Crippen LogP contribution in [-0.4, -0.2) is 66.3 Å². The minimum absolute atomic E-state index is 0.0765. The van der Waals surface area contributed by atoms with Crippen LogP contribution in [0.2, 0.25) is 0 Å². The summed E-state index contributed by atoms with van der Waals surface area (Å²) >= 11 is 0. The van der Waals surface area contributed by atoms with Gasteiger partial charge in [0.1, 0.15) is 11.5 Å². The third-order valence-corrected chi connectivity index (χ3v) is 5.76. The summed E-state index contributed by atoms with van der Waals surface area (Å²) in [4.78, 5) is 21.1. The molecule has 0 aliphatic carbocycles. The Morgan fingerprint density at radius 2 is 1.93 bits per heavy atom. The fourth-order valence-corrected chi connectivity index (χ4v) is 4.28.